The van der Waals surface area contributed by atoms with Crippen molar-refractivity contribution in [2.75, 3.05) is 0 Å². The van der Waals surface area contributed by atoms with Gasteiger partial charge in [-0.2, -0.15) is 9.50 Å². The number of fused-ring (bicyclic) bond motifs is 3. The van der Waals surface area contributed by atoms with Gasteiger partial charge in [-0.15, -0.1) is 5.10 Å². The van der Waals surface area contributed by atoms with Crippen LogP contribution in [0.1, 0.15) is 34.0 Å². The monoisotopic (exact) mass is 364 g/mol. The van der Waals surface area contributed by atoms with Crippen LogP contribution in [-0.4, -0.2) is 25.4 Å². The van der Waals surface area contributed by atoms with Crippen LogP contribution in [-0.2, 0) is 6.42 Å². The summed E-state index contributed by atoms with van der Waals surface area (Å²) in [4.78, 5) is 21.4. The number of carbonyl (C=O) groups excluding carboxylic acids is 1. The van der Waals surface area contributed by atoms with Gasteiger partial charge in [-0.25, -0.2) is 4.98 Å². The first-order valence-corrected chi connectivity index (χ1v) is 8.64. The quantitative estimate of drug-likeness (QED) is 0.538. The molecule has 1 aromatic carbocycles. The topological polar surface area (TPSA) is 73.3 Å². The fourth-order valence-corrected chi connectivity index (χ4v) is 3.55. The molecule has 7 heteroatoms. The van der Waals surface area contributed by atoms with E-state index in [1.807, 2.05) is 24.3 Å². The summed E-state index contributed by atoms with van der Waals surface area (Å²) < 4.78 is 7.03. The standard InChI is InChI=1S/C19H13ClN4O2/c20-13-5-3-11(4-6-13)12-8-15-14(16(25)9-12)10-21-19-22-18(23-24(15)19)17-2-1-7-26-17/h1-7,10,12H,8-9H2. The molecule has 0 bridgehead atoms. The molecule has 0 amide bonds. The maximum Gasteiger partial charge on any atom is 0.253 e. The average molecular weight is 365 g/mol. The van der Waals surface area contributed by atoms with E-state index in [2.05, 4.69) is 15.1 Å². The molecule has 6 nitrogen and oxygen atoms in total. The number of Topliss-reactive ketones (excluding diaryl/α,β-unsaturated/α-hetero) is 1. The molecule has 0 saturated heterocycles. The van der Waals surface area contributed by atoms with E-state index in [1.54, 1.807) is 29.1 Å². The van der Waals surface area contributed by atoms with E-state index in [9.17, 15) is 4.79 Å². The van der Waals surface area contributed by atoms with Gasteiger partial charge in [-0.3, -0.25) is 4.79 Å². The van der Waals surface area contributed by atoms with E-state index < -0.39 is 0 Å². The minimum absolute atomic E-state index is 0.0654. The van der Waals surface area contributed by atoms with Crippen LogP contribution in [0.3, 0.4) is 0 Å². The summed E-state index contributed by atoms with van der Waals surface area (Å²) in [5.74, 6) is 1.63. The van der Waals surface area contributed by atoms with E-state index >= 15 is 0 Å². The van der Waals surface area contributed by atoms with E-state index in [-0.39, 0.29) is 11.7 Å². The predicted molar refractivity (Wildman–Crippen MR) is 95.3 cm³/mol. The molecule has 5 rings (SSSR count). The zero-order valence-electron chi connectivity index (χ0n) is 13.6. The molecule has 0 spiro atoms. The maximum atomic E-state index is 12.7. The summed E-state index contributed by atoms with van der Waals surface area (Å²) in [6.07, 6.45) is 4.31. The first-order valence-electron chi connectivity index (χ1n) is 8.26. The Morgan fingerprint density at radius 2 is 2.00 bits per heavy atom. The molecule has 0 N–H and O–H groups in total. The van der Waals surface area contributed by atoms with Crippen LogP contribution in [0.15, 0.2) is 53.3 Å². The number of nitrogens with zero attached hydrogens (tertiary/aromatic N) is 4. The van der Waals surface area contributed by atoms with Crippen LogP contribution in [0.25, 0.3) is 17.4 Å². The smallest absolute Gasteiger partial charge is 0.253 e. The van der Waals surface area contributed by atoms with Crippen molar-refractivity contribution in [1.29, 1.82) is 0 Å². The van der Waals surface area contributed by atoms with E-state index in [1.165, 1.54) is 0 Å². The average Bonchev–Trinajstić information content (AvgIpc) is 3.31. The molecule has 0 radical (unpaired) electrons. The highest BCUT2D eigenvalue weighted by Crippen LogP contribution is 2.33. The molecule has 0 aliphatic heterocycles. The number of carbonyl (C=O) groups is 1. The number of benzene rings is 1. The van der Waals surface area contributed by atoms with E-state index in [0.29, 0.717) is 40.8 Å². The Balaban J connectivity index is 1.62. The molecular formula is C19H13ClN4O2. The Labute approximate surface area is 153 Å². The minimum atomic E-state index is 0.0654. The Morgan fingerprint density at radius 1 is 1.15 bits per heavy atom. The van der Waals surface area contributed by atoms with Crippen molar-refractivity contribution in [3.05, 3.63) is 70.7 Å². The number of ketones is 1. The third kappa shape index (κ3) is 2.42. The summed E-state index contributed by atoms with van der Waals surface area (Å²) in [7, 11) is 0. The van der Waals surface area contributed by atoms with E-state index in [0.717, 1.165) is 11.3 Å². The molecule has 3 aromatic heterocycles. The molecular weight excluding hydrogens is 352 g/mol. The molecule has 1 unspecified atom stereocenters. The molecule has 128 valence electrons. The number of rotatable bonds is 2. The first kappa shape index (κ1) is 15.3. The molecule has 0 saturated carbocycles. The third-order valence-corrected chi connectivity index (χ3v) is 4.97. The second kappa shape index (κ2) is 5.78. The first-order chi connectivity index (χ1) is 12.7. The summed E-state index contributed by atoms with van der Waals surface area (Å²) in [6, 6.07) is 11.2. The summed E-state index contributed by atoms with van der Waals surface area (Å²) in [5.41, 5.74) is 2.53. The molecule has 1 aliphatic carbocycles. The number of hydrogen-bond acceptors (Lipinski definition) is 5. The van der Waals surface area contributed by atoms with Crippen LogP contribution < -0.4 is 0 Å². The van der Waals surface area contributed by atoms with Crippen LogP contribution in [0.4, 0.5) is 0 Å². The van der Waals surface area contributed by atoms with Crippen molar-refractivity contribution >= 4 is 23.2 Å². The SMILES string of the molecule is O=C1CC(c2ccc(Cl)cc2)Cc2c1cnc1nc(-c3ccco3)nn21. The highest BCUT2D eigenvalue weighted by Gasteiger charge is 2.29. The van der Waals surface area contributed by atoms with Gasteiger partial charge in [0.15, 0.2) is 11.5 Å². The van der Waals surface area contributed by atoms with Crippen LogP contribution in [0, 0.1) is 0 Å². The van der Waals surface area contributed by atoms with Crippen LogP contribution in [0.5, 0.6) is 0 Å². The Kier molecular flexibility index (Phi) is 3.39. The van der Waals surface area contributed by atoms with E-state index in [4.69, 9.17) is 16.0 Å². The van der Waals surface area contributed by atoms with Crippen LogP contribution >= 0.6 is 11.6 Å². The second-order valence-corrected chi connectivity index (χ2v) is 6.76. The highest BCUT2D eigenvalue weighted by atomic mass is 35.5. The van der Waals surface area contributed by atoms with Crippen molar-refractivity contribution in [2.24, 2.45) is 0 Å². The summed E-state index contributed by atoms with van der Waals surface area (Å²) in [5, 5.41) is 5.20. The Morgan fingerprint density at radius 3 is 2.77 bits per heavy atom. The lowest BCUT2D eigenvalue weighted by molar-refractivity contribution is 0.0962. The Hall–Kier alpha value is -2.99. The molecule has 26 heavy (non-hydrogen) atoms. The fraction of sp³-hybridized carbons (Fsp3) is 0.158. The number of hydrogen-bond donors (Lipinski definition) is 0. The number of halogens is 1. The normalized spacial score (nSPS) is 16.8. The second-order valence-electron chi connectivity index (χ2n) is 6.32. The van der Waals surface area contributed by atoms with Crippen molar-refractivity contribution in [3.8, 4) is 11.6 Å². The van der Waals surface area contributed by atoms with Crippen molar-refractivity contribution in [1.82, 2.24) is 19.6 Å². The fourth-order valence-electron chi connectivity index (χ4n) is 3.43. The highest BCUT2D eigenvalue weighted by molar-refractivity contribution is 6.30. The summed E-state index contributed by atoms with van der Waals surface area (Å²) in [6.45, 7) is 0. The van der Waals surface area contributed by atoms with Crippen LogP contribution in [0.2, 0.25) is 5.02 Å². The van der Waals surface area contributed by atoms with Gasteiger partial charge in [0, 0.05) is 17.6 Å². The van der Waals surface area contributed by atoms with Gasteiger partial charge in [-0.05, 0) is 42.2 Å². The minimum Gasteiger partial charge on any atom is -0.461 e. The van der Waals surface area contributed by atoms with Gasteiger partial charge < -0.3 is 4.42 Å². The van der Waals surface area contributed by atoms with Crippen molar-refractivity contribution < 1.29 is 9.21 Å². The Bertz CT molecular complexity index is 1120. The van der Waals surface area contributed by atoms with Gasteiger partial charge in [0.25, 0.3) is 5.78 Å². The largest absolute Gasteiger partial charge is 0.461 e. The maximum absolute atomic E-state index is 12.7. The zero-order chi connectivity index (χ0) is 17.7. The van der Waals surface area contributed by atoms with Gasteiger partial charge >= 0.3 is 0 Å². The zero-order valence-corrected chi connectivity index (χ0v) is 14.3. The number of furan rings is 1. The molecule has 3 heterocycles. The summed E-state index contributed by atoms with van der Waals surface area (Å²) >= 11 is 5.98. The van der Waals surface area contributed by atoms with Crippen molar-refractivity contribution in [3.63, 3.8) is 0 Å². The third-order valence-electron chi connectivity index (χ3n) is 4.72. The molecule has 1 atom stereocenters. The lowest BCUT2D eigenvalue weighted by Gasteiger charge is -2.23. The van der Waals surface area contributed by atoms with Gasteiger partial charge in [0.2, 0.25) is 5.82 Å². The molecule has 4 aromatic rings. The molecule has 1 aliphatic rings. The lowest BCUT2D eigenvalue weighted by Crippen LogP contribution is -2.22. The van der Waals surface area contributed by atoms with Gasteiger partial charge in [0.05, 0.1) is 17.5 Å². The van der Waals surface area contributed by atoms with Gasteiger partial charge in [-0.1, -0.05) is 23.7 Å². The molecule has 0 fully saturated rings. The number of aromatic nitrogens is 4. The van der Waals surface area contributed by atoms with Gasteiger partial charge in [0.1, 0.15) is 0 Å². The van der Waals surface area contributed by atoms with Crippen molar-refractivity contribution in [2.45, 2.75) is 18.8 Å². The predicted octanol–water partition coefficient (Wildman–Crippen LogP) is 3.95. The lowest BCUT2D eigenvalue weighted by atomic mass is 9.82.